The van der Waals surface area contributed by atoms with Crippen LogP contribution in [0.2, 0.25) is 5.15 Å². The monoisotopic (exact) mass is 352 g/mol. The molecule has 0 aliphatic heterocycles. The summed E-state index contributed by atoms with van der Waals surface area (Å²) in [7, 11) is 0. The average Bonchev–Trinajstić information content (AvgIpc) is 3.18. The van der Waals surface area contributed by atoms with Crippen LogP contribution in [0.1, 0.15) is 5.56 Å². The highest BCUT2D eigenvalue weighted by Gasteiger charge is 2.07. The van der Waals surface area contributed by atoms with Crippen LogP contribution in [0, 0.1) is 0 Å². The first-order valence-electron chi connectivity index (χ1n) is 7.57. The van der Waals surface area contributed by atoms with Crippen molar-refractivity contribution >= 4 is 28.1 Å². The van der Waals surface area contributed by atoms with Crippen molar-refractivity contribution in [3.8, 4) is 5.69 Å². The van der Waals surface area contributed by atoms with Gasteiger partial charge in [-0.3, -0.25) is 4.79 Å². The zero-order chi connectivity index (χ0) is 17.2. The number of aromatic nitrogens is 5. The Morgan fingerprint density at radius 2 is 2.04 bits per heavy atom. The van der Waals surface area contributed by atoms with Gasteiger partial charge >= 0.3 is 0 Å². The summed E-state index contributed by atoms with van der Waals surface area (Å²) in [6.45, 7) is 0.579. The maximum absolute atomic E-state index is 11.8. The van der Waals surface area contributed by atoms with Gasteiger partial charge in [0, 0.05) is 17.6 Å². The molecule has 0 amide bonds. The highest BCUT2D eigenvalue weighted by molar-refractivity contribution is 6.34. The fourth-order valence-electron chi connectivity index (χ4n) is 2.66. The minimum absolute atomic E-state index is 0.262. The molecule has 0 aliphatic rings. The van der Waals surface area contributed by atoms with Crippen LogP contribution in [0.4, 0.5) is 5.69 Å². The molecule has 2 heterocycles. The lowest BCUT2D eigenvalue weighted by molar-refractivity contribution is 0.862. The van der Waals surface area contributed by atoms with Gasteiger partial charge in [0.25, 0.3) is 5.56 Å². The van der Waals surface area contributed by atoms with Gasteiger partial charge < -0.3 is 5.32 Å². The molecule has 4 aromatic rings. The van der Waals surface area contributed by atoms with Crippen LogP contribution in [-0.4, -0.2) is 25.0 Å². The van der Waals surface area contributed by atoms with E-state index in [9.17, 15) is 4.79 Å². The van der Waals surface area contributed by atoms with Gasteiger partial charge in [-0.2, -0.15) is 10.2 Å². The Labute approximate surface area is 147 Å². The number of rotatable bonds is 4. The minimum atomic E-state index is -0.262. The van der Waals surface area contributed by atoms with Gasteiger partial charge in [0.05, 0.1) is 11.1 Å². The Morgan fingerprint density at radius 1 is 1.16 bits per heavy atom. The summed E-state index contributed by atoms with van der Waals surface area (Å²) < 4.78 is 1.72. The van der Waals surface area contributed by atoms with Crippen LogP contribution in [-0.2, 0) is 6.54 Å². The number of hydrogen-bond acceptors (Lipinski definition) is 5. The van der Waals surface area contributed by atoms with E-state index < -0.39 is 0 Å². The highest BCUT2D eigenvalue weighted by Crippen LogP contribution is 2.22. The zero-order valence-electron chi connectivity index (χ0n) is 13.0. The molecule has 2 aromatic heterocycles. The third kappa shape index (κ3) is 2.97. The van der Waals surface area contributed by atoms with Gasteiger partial charge in [0.1, 0.15) is 12.7 Å². The topological polar surface area (TPSA) is 88.5 Å². The van der Waals surface area contributed by atoms with E-state index in [0.717, 1.165) is 16.9 Å². The molecule has 25 heavy (non-hydrogen) atoms. The Kier molecular flexibility index (Phi) is 3.91. The van der Waals surface area contributed by atoms with Gasteiger partial charge in [-0.05, 0) is 29.8 Å². The van der Waals surface area contributed by atoms with Gasteiger partial charge in [-0.15, -0.1) is 0 Å². The molecular formula is C17H13ClN6O. The highest BCUT2D eigenvalue weighted by atomic mass is 35.5. The van der Waals surface area contributed by atoms with Crippen molar-refractivity contribution in [2.75, 3.05) is 5.32 Å². The van der Waals surface area contributed by atoms with Crippen LogP contribution in [0.15, 0.2) is 59.9 Å². The number of fused-ring (bicyclic) bond motifs is 1. The normalized spacial score (nSPS) is 10.9. The first kappa shape index (κ1) is 15.3. The Morgan fingerprint density at radius 3 is 2.88 bits per heavy atom. The largest absolute Gasteiger partial charge is 0.381 e. The van der Waals surface area contributed by atoms with Crippen molar-refractivity contribution in [1.82, 2.24) is 25.0 Å². The summed E-state index contributed by atoms with van der Waals surface area (Å²) in [6, 6.07) is 13.3. The van der Waals surface area contributed by atoms with Crippen molar-refractivity contribution in [3.63, 3.8) is 0 Å². The Bertz CT molecular complexity index is 1090. The van der Waals surface area contributed by atoms with Crippen LogP contribution in [0.25, 0.3) is 16.5 Å². The molecule has 0 bridgehead atoms. The summed E-state index contributed by atoms with van der Waals surface area (Å²) in [6.07, 6.45) is 3.16. The van der Waals surface area contributed by atoms with Gasteiger partial charge in [0.15, 0.2) is 5.15 Å². The van der Waals surface area contributed by atoms with Crippen LogP contribution >= 0.6 is 11.6 Å². The average molecular weight is 353 g/mol. The van der Waals surface area contributed by atoms with E-state index in [1.165, 1.54) is 6.33 Å². The molecule has 4 rings (SSSR count). The summed E-state index contributed by atoms with van der Waals surface area (Å²) in [5.74, 6) is 0. The zero-order valence-corrected chi connectivity index (χ0v) is 13.7. The second-order valence-corrected chi connectivity index (χ2v) is 5.78. The third-order valence-corrected chi connectivity index (χ3v) is 4.17. The number of nitrogens with zero attached hydrogens (tertiary/aromatic N) is 4. The van der Waals surface area contributed by atoms with E-state index in [1.807, 2.05) is 36.4 Å². The molecule has 8 heteroatoms. The van der Waals surface area contributed by atoms with Crippen molar-refractivity contribution in [3.05, 3.63) is 76.2 Å². The number of H-pyrrole nitrogens is 1. The number of hydrogen-bond donors (Lipinski definition) is 2. The number of benzene rings is 2. The summed E-state index contributed by atoms with van der Waals surface area (Å²) in [4.78, 5) is 15.8. The number of para-hydroxylation sites is 1. The fraction of sp³-hybridized carbons (Fsp3) is 0.0588. The predicted molar refractivity (Wildman–Crippen MR) is 96.1 cm³/mol. The molecule has 0 unspecified atom stereocenters. The van der Waals surface area contributed by atoms with Gasteiger partial charge in [-0.25, -0.2) is 14.8 Å². The molecule has 0 saturated carbocycles. The number of halogens is 1. The molecule has 0 saturated heterocycles. The van der Waals surface area contributed by atoms with Crippen molar-refractivity contribution < 1.29 is 0 Å². The Balaban J connectivity index is 1.64. The molecule has 7 nitrogen and oxygen atoms in total. The summed E-state index contributed by atoms with van der Waals surface area (Å²) in [5.41, 5.74) is 2.59. The molecule has 0 spiro atoms. The smallest absolute Gasteiger partial charge is 0.272 e. The van der Waals surface area contributed by atoms with Crippen LogP contribution in [0.3, 0.4) is 0 Å². The van der Waals surface area contributed by atoms with Crippen molar-refractivity contribution in [1.29, 1.82) is 0 Å². The number of anilines is 1. The van der Waals surface area contributed by atoms with E-state index in [0.29, 0.717) is 17.3 Å². The van der Waals surface area contributed by atoms with Crippen LogP contribution in [0.5, 0.6) is 0 Å². The standard InChI is InChI=1S/C17H13ClN6O/c18-16-14-7-12(5-6-13(14)17(25)23-22-16)20-8-11-3-1-2-4-15(11)24-10-19-9-21-24/h1-7,9-10,20H,8H2,(H,23,25). The number of nitrogens with one attached hydrogen (secondary N) is 2. The first-order chi connectivity index (χ1) is 12.2. The van der Waals surface area contributed by atoms with Gasteiger partial charge in [0.2, 0.25) is 0 Å². The van der Waals surface area contributed by atoms with Gasteiger partial charge in [-0.1, -0.05) is 29.8 Å². The van der Waals surface area contributed by atoms with E-state index >= 15 is 0 Å². The van der Waals surface area contributed by atoms with Crippen molar-refractivity contribution in [2.24, 2.45) is 0 Å². The second kappa shape index (κ2) is 6.37. The molecule has 0 fully saturated rings. The lowest BCUT2D eigenvalue weighted by Crippen LogP contribution is -2.09. The quantitative estimate of drug-likeness (QED) is 0.589. The lowest BCUT2D eigenvalue weighted by atomic mass is 10.1. The molecule has 0 atom stereocenters. The molecule has 124 valence electrons. The fourth-order valence-corrected chi connectivity index (χ4v) is 2.86. The first-order valence-corrected chi connectivity index (χ1v) is 7.95. The molecular weight excluding hydrogens is 340 g/mol. The van der Waals surface area contributed by atoms with Crippen LogP contribution < -0.4 is 10.9 Å². The SMILES string of the molecule is O=c1[nH]nc(Cl)c2cc(NCc3ccccc3-n3cncn3)ccc12. The maximum Gasteiger partial charge on any atom is 0.272 e. The number of aromatic amines is 1. The van der Waals surface area contributed by atoms with E-state index in [4.69, 9.17) is 11.6 Å². The predicted octanol–water partition coefficient (Wildman–Crippen LogP) is 2.77. The minimum Gasteiger partial charge on any atom is -0.381 e. The third-order valence-electron chi connectivity index (χ3n) is 3.88. The second-order valence-electron chi connectivity index (χ2n) is 5.43. The van der Waals surface area contributed by atoms with E-state index in [2.05, 4.69) is 25.6 Å². The lowest BCUT2D eigenvalue weighted by Gasteiger charge is -2.11. The van der Waals surface area contributed by atoms with E-state index in [-0.39, 0.29) is 10.7 Å². The maximum atomic E-state index is 11.8. The molecule has 2 N–H and O–H groups in total. The summed E-state index contributed by atoms with van der Waals surface area (Å²) in [5, 5.41) is 15.1. The molecule has 2 aromatic carbocycles. The summed E-state index contributed by atoms with van der Waals surface area (Å²) >= 11 is 6.08. The van der Waals surface area contributed by atoms with Crippen molar-refractivity contribution in [2.45, 2.75) is 6.54 Å². The molecule has 0 aliphatic carbocycles. The molecule has 0 radical (unpaired) electrons. The van der Waals surface area contributed by atoms with E-state index in [1.54, 1.807) is 17.1 Å². The Hall–Kier alpha value is -3.19.